The standard InChI is InChI=1S/C20H19N3O/c1-23(2)12-16-14-8-4-5-9-17(14)21-19(16)11-15-13-7-3-6-10-18(13)22-20(15)24/h3-11,21H,12H2,1-2H3,(H,22,24)/b15-11-. The Bertz CT molecular complexity index is 966. The van der Waals surface area contributed by atoms with E-state index in [1.807, 2.05) is 42.5 Å². The molecule has 0 saturated heterocycles. The number of benzene rings is 2. The smallest absolute Gasteiger partial charge is 0.256 e. The van der Waals surface area contributed by atoms with E-state index < -0.39 is 0 Å². The molecule has 1 amide bonds. The zero-order chi connectivity index (χ0) is 16.7. The second-order valence-electron chi connectivity index (χ2n) is 6.36. The van der Waals surface area contributed by atoms with Crippen LogP contribution in [0.3, 0.4) is 0 Å². The fourth-order valence-electron chi connectivity index (χ4n) is 3.26. The topological polar surface area (TPSA) is 48.1 Å². The molecule has 0 radical (unpaired) electrons. The number of hydrogen-bond donors (Lipinski definition) is 2. The van der Waals surface area contributed by atoms with Gasteiger partial charge in [-0.05, 0) is 37.9 Å². The van der Waals surface area contributed by atoms with Crippen molar-refractivity contribution < 1.29 is 4.79 Å². The highest BCUT2D eigenvalue weighted by molar-refractivity contribution is 6.35. The molecule has 0 unspecified atom stereocenters. The molecule has 3 aromatic rings. The van der Waals surface area contributed by atoms with E-state index in [9.17, 15) is 4.79 Å². The van der Waals surface area contributed by atoms with Crippen LogP contribution in [0.2, 0.25) is 0 Å². The first-order valence-corrected chi connectivity index (χ1v) is 8.00. The average molecular weight is 317 g/mol. The molecule has 1 aliphatic rings. The Morgan fingerprint density at radius 3 is 2.62 bits per heavy atom. The van der Waals surface area contributed by atoms with Crippen LogP contribution in [0.4, 0.5) is 5.69 Å². The van der Waals surface area contributed by atoms with Gasteiger partial charge >= 0.3 is 0 Å². The van der Waals surface area contributed by atoms with Crippen molar-refractivity contribution in [2.45, 2.75) is 6.54 Å². The summed E-state index contributed by atoms with van der Waals surface area (Å²) in [6.45, 7) is 0.812. The molecular weight excluding hydrogens is 298 g/mol. The number of aromatic amines is 1. The van der Waals surface area contributed by atoms with Gasteiger partial charge in [-0.25, -0.2) is 0 Å². The predicted octanol–water partition coefficient (Wildman–Crippen LogP) is 3.72. The Labute approximate surface area is 140 Å². The minimum Gasteiger partial charge on any atom is -0.355 e. The number of rotatable bonds is 3. The van der Waals surface area contributed by atoms with E-state index >= 15 is 0 Å². The summed E-state index contributed by atoms with van der Waals surface area (Å²) in [5.74, 6) is -0.0503. The van der Waals surface area contributed by atoms with Crippen LogP contribution < -0.4 is 5.32 Å². The summed E-state index contributed by atoms with van der Waals surface area (Å²) >= 11 is 0. The fraction of sp³-hybridized carbons (Fsp3) is 0.150. The number of H-pyrrole nitrogens is 1. The van der Waals surface area contributed by atoms with Gasteiger partial charge < -0.3 is 15.2 Å². The summed E-state index contributed by atoms with van der Waals surface area (Å²) in [5.41, 5.74) is 5.83. The van der Waals surface area contributed by atoms with Crippen molar-refractivity contribution in [1.82, 2.24) is 9.88 Å². The van der Waals surface area contributed by atoms with Crippen LogP contribution in [0, 0.1) is 0 Å². The zero-order valence-electron chi connectivity index (χ0n) is 13.8. The summed E-state index contributed by atoms with van der Waals surface area (Å²) < 4.78 is 0. The van der Waals surface area contributed by atoms with E-state index in [4.69, 9.17) is 0 Å². The molecule has 0 fully saturated rings. The van der Waals surface area contributed by atoms with E-state index in [0.717, 1.165) is 29.0 Å². The highest BCUT2D eigenvalue weighted by Gasteiger charge is 2.24. The minimum absolute atomic E-state index is 0.0503. The normalized spacial score (nSPS) is 15.3. The Balaban J connectivity index is 1.89. The van der Waals surface area contributed by atoms with Crippen LogP contribution in [0.5, 0.6) is 0 Å². The predicted molar refractivity (Wildman–Crippen MR) is 98.6 cm³/mol. The number of fused-ring (bicyclic) bond motifs is 2. The number of amides is 1. The first kappa shape index (κ1) is 14.7. The maximum absolute atomic E-state index is 12.4. The lowest BCUT2D eigenvalue weighted by Crippen LogP contribution is -2.11. The lowest BCUT2D eigenvalue weighted by molar-refractivity contribution is -0.110. The van der Waals surface area contributed by atoms with Crippen LogP contribution in [0.15, 0.2) is 48.5 Å². The third-order valence-electron chi connectivity index (χ3n) is 4.32. The van der Waals surface area contributed by atoms with Crippen molar-refractivity contribution >= 4 is 34.1 Å². The number of nitrogens with one attached hydrogen (secondary N) is 2. The van der Waals surface area contributed by atoms with Crippen molar-refractivity contribution in [3.05, 3.63) is 65.4 Å². The molecule has 2 N–H and O–H groups in total. The van der Waals surface area contributed by atoms with Crippen LogP contribution in [-0.4, -0.2) is 29.9 Å². The fourth-order valence-corrected chi connectivity index (χ4v) is 3.26. The van der Waals surface area contributed by atoms with Crippen molar-refractivity contribution in [2.24, 2.45) is 0 Å². The lowest BCUT2D eigenvalue weighted by Gasteiger charge is -2.10. The quantitative estimate of drug-likeness (QED) is 0.723. The van der Waals surface area contributed by atoms with Gasteiger partial charge in [-0.3, -0.25) is 4.79 Å². The number of nitrogens with zero attached hydrogens (tertiary/aromatic N) is 1. The second-order valence-corrected chi connectivity index (χ2v) is 6.36. The average Bonchev–Trinajstić information content (AvgIpc) is 3.06. The van der Waals surface area contributed by atoms with E-state index in [0.29, 0.717) is 5.57 Å². The third-order valence-corrected chi connectivity index (χ3v) is 4.32. The molecule has 0 bridgehead atoms. The lowest BCUT2D eigenvalue weighted by atomic mass is 10.0. The van der Waals surface area contributed by atoms with E-state index in [1.165, 1.54) is 10.9 Å². The molecule has 120 valence electrons. The largest absolute Gasteiger partial charge is 0.355 e. The van der Waals surface area contributed by atoms with Gasteiger partial charge in [0.2, 0.25) is 0 Å². The highest BCUT2D eigenvalue weighted by atomic mass is 16.2. The number of carbonyl (C=O) groups is 1. The molecule has 1 aliphatic heterocycles. The summed E-state index contributed by atoms with van der Waals surface area (Å²) in [4.78, 5) is 18.0. The van der Waals surface area contributed by atoms with Gasteiger partial charge in [-0.1, -0.05) is 36.4 Å². The molecule has 2 aromatic carbocycles. The van der Waals surface area contributed by atoms with Crippen LogP contribution in [0.1, 0.15) is 16.8 Å². The van der Waals surface area contributed by atoms with E-state index in [-0.39, 0.29) is 5.91 Å². The Morgan fingerprint density at radius 2 is 1.79 bits per heavy atom. The molecule has 2 heterocycles. The number of carbonyl (C=O) groups excluding carboxylic acids is 1. The first-order valence-electron chi connectivity index (χ1n) is 8.00. The maximum Gasteiger partial charge on any atom is 0.256 e. The summed E-state index contributed by atoms with van der Waals surface area (Å²) in [7, 11) is 4.10. The van der Waals surface area contributed by atoms with Crippen molar-refractivity contribution in [3.8, 4) is 0 Å². The summed E-state index contributed by atoms with van der Waals surface area (Å²) in [6, 6.07) is 16.1. The molecule has 0 aliphatic carbocycles. The number of anilines is 1. The Kier molecular flexibility index (Phi) is 3.47. The number of aromatic nitrogens is 1. The molecule has 4 nitrogen and oxygen atoms in total. The number of hydrogen-bond acceptors (Lipinski definition) is 2. The Morgan fingerprint density at radius 1 is 1.04 bits per heavy atom. The van der Waals surface area contributed by atoms with Crippen LogP contribution in [-0.2, 0) is 11.3 Å². The minimum atomic E-state index is -0.0503. The molecule has 4 heteroatoms. The van der Waals surface area contributed by atoms with E-state index in [2.05, 4.69) is 41.4 Å². The van der Waals surface area contributed by atoms with Crippen molar-refractivity contribution in [1.29, 1.82) is 0 Å². The first-order chi connectivity index (χ1) is 11.6. The number of para-hydroxylation sites is 2. The highest BCUT2D eigenvalue weighted by Crippen LogP contribution is 2.34. The SMILES string of the molecule is CN(C)Cc1c(/C=C2\C(=O)Nc3ccccc32)[nH]c2ccccc12. The van der Waals surface area contributed by atoms with Crippen molar-refractivity contribution in [3.63, 3.8) is 0 Å². The maximum atomic E-state index is 12.4. The summed E-state index contributed by atoms with van der Waals surface area (Å²) in [6.07, 6.45) is 1.97. The van der Waals surface area contributed by atoms with Gasteiger partial charge in [0.25, 0.3) is 5.91 Å². The van der Waals surface area contributed by atoms with E-state index in [1.54, 1.807) is 0 Å². The summed E-state index contributed by atoms with van der Waals surface area (Å²) in [5, 5.41) is 4.13. The molecule has 0 atom stereocenters. The zero-order valence-corrected chi connectivity index (χ0v) is 13.8. The van der Waals surface area contributed by atoms with Crippen molar-refractivity contribution in [2.75, 3.05) is 19.4 Å². The van der Waals surface area contributed by atoms with Crippen LogP contribution >= 0.6 is 0 Å². The Hall–Kier alpha value is -2.85. The van der Waals surface area contributed by atoms with Gasteiger partial charge in [-0.2, -0.15) is 0 Å². The molecule has 24 heavy (non-hydrogen) atoms. The van der Waals surface area contributed by atoms with Gasteiger partial charge in [0, 0.05) is 34.4 Å². The van der Waals surface area contributed by atoms with Gasteiger partial charge in [0.15, 0.2) is 0 Å². The second kappa shape index (κ2) is 5.65. The molecule has 0 spiro atoms. The van der Waals surface area contributed by atoms with Gasteiger partial charge in [-0.15, -0.1) is 0 Å². The van der Waals surface area contributed by atoms with Gasteiger partial charge in [0.1, 0.15) is 0 Å². The molecule has 0 saturated carbocycles. The molecule has 1 aromatic heterocycles. The monoisotopic (exact) mass is 317 g/mol. The third kappa shape index (κ3) is 2.41. The van der Waals surface area contributed by atoms with Crippen LogP contribution in [0.25, 0.3) is 22.6 Å². The molecular formula is C20H19N3O. The molecule has 4 rings (SSSR count). The van der Waals surface area contributed by atoms with Gasteiger partial charge in [0.05, 0.1) is 5.57 Å².